The molecule has 0 aromatic heterocycles. The van der Waals surface area contributed by atoms with Gasteiger partial charge < -0.3 is 19.5 Å². The van der Waals surface area contributed by atoms with Crippen LogP contribution in [0.3, 0.4) is 0 Å². The predicted octanol–water partition coefficient (Wildman–Crippen LogP) is 11.0. The number of rotatable bonds is 17. The third kappa shape index (κ3) is 13.0. The molecule has 2 aromatic rings. The number of amides is 1. The molecule has 6 heteroatoms. The van der Waals surface area contributed by atoms with Crippen molar-refractivity contribution in [1.29, 1.82) is 0 Å². The maximum Gasteiger partial charge on any atom is 0.408 e. The second-order valence-corrected chi connectivity index (χ2v) is 17.0. The highest BCUT2D eigenvalue weighted by Gasteiger charge is 2.35. The molecular formula is C43H67NO5. The Morgan fingerprint density at radius 3 is 2.04 bits per heavy atom. The predicted molar refractivity (Wildman–Crippen MR) is 202 cm³/mol. The van der Waals surface area contributed by atoms with Crippen LogP contribution < -0.4 is 14.8 Å². The minimum absolute atomic E-state index is 0.0671. The SMILES string of the molecule is Cc1c(C)c(OC(=O)[C@@H](Cc2ccccc2)NC(=O)OC(C)(C)C)c(C)c2c1C[C@@](C)(CCC[C@H](C)CCC[C@@H](C)CCCC(C)C)CO2. The molecule has 1 aliphatic heterocycles. The zero-order valence-corrected chi connectivity index (χ0v) is 32.7. The molecule has 1 aliphatic rings. The second kappa shape index (κ2) is 18.3. The Morgan fingerprint density at radius 1 is 0.857 bits per heavy atom. The van der Waals surface area contributed by atoms with Crippen LogP contribution in [0, 0.1) is 43.9 Å². The lowest BCUT2D eigenvalue weighted by Gasteiger charge is -2.37. The summed E-state index contributed by atoms with van der Waals surface area (Å²) in [4.78, 5) is 26.4. The first-order valence-corrected chi connectivity index (χ1v) is 19.0. The highest BCUT2D eigenvalue weighted by Crippen LogP contribution is 2.46. The lowest BCUT2D eigenvalue weighted by molar-refractivity contribution is -0.136. The summed E-state index contributed by atoms with van der Waals surface area (Å²) in [6, 6.07) is 8.69. The Bertz CT molecular complexity index is 1360. The summed E-state index contributed by atoms with van der Waals surface area (Å²) in [6.45, 7) is 24.0. The minimum atomic E-state index is -0.919. The van der Waals surface area contributed by atoms with Gasteiger partial charge in [-0.2, -0.15) is 0 Å². The molecule has 0 saturated heterocycles. The first-order valence-electron chi connectivity index (χ1n) is 19.0. The Morgan fingerprint density at radius 2 is 1.45 bits per heavy atom. The lowest BCUT2D eigenvalue weighted by Crippen LogP contribution is -2.46. The molecule has 0 fully saturated rings. The number of nitrogens with one attached hydrogen (secondary N) is 1. The zero-order valence-electron chi connectivity index (χ0n) is 32.7. The van der Waals surface area contributed by atoms with Gasteiger partial charge >= 0.3 is 12.1 Å². The molecule has 1 amide bonds. The van der Waals surface area contributed by atoms with Crippen LogP contribution in [-0.4, -0.2) is 30.3 Å². The van der Waals surface area contributed by atoms with E-state index in [-0.39, 0.29) is 11.8 Å². The van der Waals surface area contributed by atoms with Gasteiger partial charge in [0.1, 0.15) is 23.1 Å². The van der Waals surface area contributed by atoms with Crippen molar-refractivity contribution < 1.29 is 23.8 Å². The van der Waals surface area contributed by atoms with E-state index in [9.17, 15) is 9.59 Å². The fourth-order valence-corrected chi connectivity index (χ4v) is 7.14. The van der Waals surface area contributed by atoms with Gasteiger partial charge in [-0.25, -0.2) is 9.59 Å². The fourth-order valence-electron chi connectivity index (χ4n) is 7.14. The molecule has 1 N–H and O–H groups in total. The van der Waals surface area contributed by atoms with E-state index in [2.05, 4.69) is 46.9 Å². The van der Waals surface area contributed by atoms with Crippen LogP contribution in [0.1, 0.15) is 141 Å². The summed E-state index contributed by atoms with van der Waals surface area (Å²) in [5.74, 6) is 3.22. The van der Waals surface area contributed by atoms with E-state index in [1.165, 1.54) is 56.9 Å². The van der Waals surface area contributed by atoms with Crippen LogP contribution in [0.2, 0.25) is 0 Å². The van der Waals surface area contributed by atoms with Gasteiger partial charge in [0.15, 0.2) is 0 Å². The number of ether oxygens (including phenoxy) is 3. The Labute approximate surface area is 298 Å². The molecular weight excluding hydrogens is 610 g/mol. The van der Waals surface area contributed by atoms with Gasteiger partial charge in [0.05, 0.1) is 6.61 Å². The van der Waals surface area contributed by atoms with E-state index in [4.69, 9.17) is 14.2 Å². The fraction of sp³-hybridized carbons (Fsp3) is 0.674. The topological polar surface area (TPSA) is 73.9 Å². The number of hydrogen-bond acceptors (Lipinski definition) is 5. The van der Waals surface area contributed by atoms with Crippen molar-refractivity contribution in [1.82, 2.24) is 5.32 Å². The normalized spacial score (nSPS) is 17.9. The molecule has 0 aliphatic carbocycles. The van der Waals surface area contributed by atoms with Crippen molar-refractivity contribution in [2.45, 2.75) is 158 Å². The molecule has 0 saturated carbocycles. The van der Waals surface area contributed by atoms with Crippen LogP contribution in [0.4, 0.5) is 4.79 Å². The van der Waals surface area contributed by atoms with E-state index < -0.39 is 23.7 Å². The van der Waals surface area contributed by atoms with E-state index in [1.54, 1.807) is 20.8 Å². The summed E-state index contributed by atoms with van der Waals surface area (Å²) in [5, 5.41) is 2.76. The molecule has 3 rings (SSSR count). The number of hydrogen-bond donors (Lipinski definition) is 1. The Kier molecular flexibility index (Phi) is 15.1. The minimum Gasteiger partial charge on any atom is -0.492 e. The van der Waals surface area contributed by atoms with Crippen molar-refractivity contribution in [3.63, 3.8) is 0 Å². The van der Waals surface area contributed by atoms with E-state index in [0.717, 1.165) is 58.6 Å². The quantitative estimate of drug-likeness (QED) is 0.133. The Hall–Kier alpha value is -3.02. The molecule has 4 atom stereocenters. The summed E-state index contributed by atoms with van der Waals surface area (Å²) in [7, 11) is 0. The highest BCUT2D eigenvalue weighted by atomic mass is 16.6. The van der Waals surface area contributed by atoms with Crippen LogP contribution in [0.15, 0.2) is 30.3 Å². The van der Waals surface area contributed by atoms with Crippen molar-refractivity contribution in [2.75, 3.05) is 6.61 Å². The zero-order chi connectivity index (χ0) is 36.4. The molecule has 0 bridgehead atoms. The van der Waals surface area contributed by atoms with E-state index in [0.29, 0.717) is 12.4 Å². The number of benzene rings is 2. The summed E-state index contributed by atoms with van der Waals surface area (Å²) in [6.07, 6.45) is 12.3. The first-order chi connectivity index (χ1) is 23.0. The van der Waals surface area contributed by atoms with Gasteiger partial charge in [0.2, 0.25) is 0 Å². The van der Waals surface area contributed by atoms with Crippen LogP contribution in [0.25, 0.3) is 0 Å². The highest BCUT2D eigenvalue weighted by molar-refractivity contribution is 5.84. The largest absolute Gasteiger partial charge is 0.492 e. The first kappa shape index (κ1) is 40.4. The molecule has 2 aromatic carbocycles. The molecule has 1 heterocycles. The van der Waals surface area contributed by atoms with E-state index in [1.807, 2.05) is 44.2 Å². The van der Waals surface area contributed by atoms with Gasteiger partial charge in [-0.1, -0.05) is 116 Å². The number of esters is 1. The third-order valence-electron chi connectivity index (χ3n) is 10.3. The smallest absolute Gasteiger partial charge is 0.408 e. The summed E-state index contributed by atoms with van der Waals surface area (Å²) >= 11 is 0. The average molecular weight is 678 g/mol. The van der Waals surface area contributed by atoms with Crippen molar-refractivity contribution >= 4 is 12.1 Å². The molecule has 0 radical (unpaired) electrons. The van der Waals surface area contributed by atoms with Crippen molar-refractivity contribution in [2.24, 2.45) is 23.2 Å². The number of carbonyl (C=O) groups excluding carboxylic acids is 2. The average Bonchev–Trinajstić information content (AvgIpc) is 3.01. The maximum absolute atomic E-state index is 13.7. The van der Waals surface area contributed by atoms with Gasteiger partial charge in [-0.15, -0.1) is 0 Å². The van der Waals surface area contributed by atoms with Gasteiger partial charge in [0, 0.05) is 17.4 Å². The molecule has 6 nitrogen and oxygen atoms in total. The van der Waals surface area contributed by atoms with Crippen LogP contribution in [-0.2, 0) is 22.4 Å². The van der Waals surface area contributed by atoms with Gasteiger partial charge in [0.25, 0.3) is 0 Å². The summed E-state index contributed by atoms with van der Waals surface area (Å²) < 4.78 is 18.1. The lowest BCUT2D eigenvalue weighted by atomic mass is 9.75. The molecule has 0 unspecified atom stereocenters. The second-order valence-electron chi connectivity index (χ2n) is 17.0. The van der Waals surface area contributed by atoms with Crippen LogP contribution in [0.5, 0.6) is 11.5 Å². The maximum atomic E-state index is 13.7. The van der Waals surface area contributed by atoms with Crippen molar-refractivity contribution in [3.8, 4) is 11.5 Å². The molecule has 274 valence electrons. The molecule has 49 heavy (non-hydrogen) atoms. The van der Waals surface area contributed by atoms with E-state index >= 15 is 0 Å². The van der Waals surface area contributed by atoms with Gasteiger partial charge in [-0.05, 0) is 94.4 Å². The number of alkyl carbamates (subject to hydrolysis) is 1. The Balaban J connectivity index is 1.62. The summed E-state index contributed by atoms with van der Waals surface area (Å²) in [5.41, 5.74) is 4.37. The number of carbonyl (C=O) groups is 2. The standard InChI is InChI=1S/C43H67NO5/c1-29(2)18-15-19-30(3)20-16-21-31(4)22-17-25-43(11)27-36-32(5)33(6)38(34(7)39(36)47-28-43)48-40(45)37(26-35-23-13-12-14-24-35)44-41(46)49-42(8,9)10/h12-14,23-24,29-31,37H,15-22,25-28H2,1-11H3,(H,44,46)/t30-,31+,37+,43+/m0/s1. The van der Waals surface area contributed by atoms with Gasteiger partial charge in [-0.3, -0.25) is 0 Å². The number of fused-ring (bicyclic) bond motifs is 1. The third-order valence-corrected chi connectivity index (χ3v) is 10.3. The van der Waals surface area contributed by atoms with Crippen LogP contribution >= 0.6 is 0 Å². The molecule has 0 spiro atoms. The monoisotopic (exact) mass is 678 g/mol. The van der Waals surface area contributed by atoms with Crippen molar-refractivity contribution in [3.05, 3.63) is 58.1 Å².